The topological polar surface area (TPSA) is 86.9 Å². The Labute approximate surface area is 187 Å². The highest BCUT2D eigenvalue weighted by atomic mass is 16.5. The quantitative estimate of drug-likeness (QED) is 0.574. The third kappa shape index (κ3) is 4.26. The summed E-state index contributed by atoms with van der Waals surface area (Å²) < 4.78 is 21.8. The molecule has 1 amide bonds. The summed E-state index contributed by atoms with van der Waals surface area (Å²) in [5.41, 5.74) is 2.51. The van der Waals surface area contributed by atoms with Crippen molar-refractivity contribution in [2.75, 3.05) is 34.4 Å². The summed E-state index contributed by atoms with van der Waals surface area (Å²) in [4.78, 5) is 19.4. The van der Waals surface area contributed by atoms with E-state index in [1.54, 1.807) is 33.5 Å². The van der Waals surface area contributed by atoms with Crippen molar-refractivity contribution in [3.8, 4) is 28.6 Å². The van der Waals surface area contributed by atoms with Crippen molar-refractivity contribution < 1.29 is 23.5 Å². The van der Waals surface area contributed by atoms with E-state index >= 15 is 0 Å². The van der Waals surface area contributed by atoms with E-state index in [1.165, 1.54) is 0 Å². The van der Waals surface area contributed by atoms with E-state index in [2.05, 4.69) is 10.1 Å². The highest BCUT2D eigenvalue weighted by Crippen LogP contribution is 2.41. The molecule has 2 aromatic carbocycles. The largest absolute Gasteiger partial charge is 0.493 e. The average Bonchev–Trinajstić information content (AvgIpc) is 3.33. The highest BCUT2D eigenvalue weighted by molar-refractivity contribution is 5.94. The van der Waals surface area contributed by atoms with Gasteiger partial charge >= 0.3 is 0 Å². The molecule has 2 heterocycles. The lowest BCUT2D eigenvalue weighted by molar-refractivity contribution is 0.0695. The minimum absolute atomic E-state index is 0.0126. The number of piperidine rings is 1. The predicted molar refractivity (Wildman–Crippen MR) is 118 cm³/mol. The predicted octanol–water partition coefficient (Wildman–Crippen LogP) is 4.09. The second-order valence-electron chi connectivity index (χ2n) is 7.83. The molecule has 1 aromatic heterocycles. The maximum Gasteiger partial charge on any atom is 0.253 e. The fraction of sp³-hybridized carbons (Fsp3) is 0.375. The van der Waals surface area contributed by atoms with Gasteiger partial charge in [-0.2, -0.15) is 4.98 Å². The van der Waals surface area contributed by atoms with Crippen LogP contribution in [-0.4, -0.2) is 55.4 Å². The number of carbonyl (C=O) groups is 1. The molecule has 4 rings (SSSR count). The minimum atomic E-state index is -0.0126. The Bertz CT molecular complexity index is 1070. The van der Waals surface area contributed by atoms with Crippen molar-refractivity contribution in [2.45, 2.75) is 25.7 Å². The smallest absolute Gasteiger partial charge is 0.253 e. The third-order valence-electron chi connectivity index (χ3n) is 5.72. The third-order valence-corrected chi connectivity index (χ3v) is 5.72. The number of aryl methyl sites for hydroxylation is 1. The summed E-state index contributed by atoms with van der Waals surface area (Å²) >= 11 is 0. The number of likely N-dealkylation sites (tertiary alicyclic amines) is 1. The Morgan fingerprint density at radius 3 is 2.38 bits per heavy atom. The molecule has 1 aliphatic heterocycles. The van der Waals surface area contributed by atoms with E-state index in [9.17, 15) is 4.79 Å². The monoisotopic (exact) mass is 437 g/mol. The summed E-state index contributed by atoms with van der Waals surface area (Å²) in [5, 5.41) is 4.16. The lowest BCUT2D eigenvalue weighted by Gasteiger charge is -2.31. The van der Waals surface area contributed by atoms with Gasteiger partial charge in [0.25, 0.3) is 5.91 Å². The van der Waals surface area contributed by atoms with Gasteiger partial charge in [-0.05, 0) is 44.0 Å². The number of carbonyl (C=O) groups excluding carboxylic acids is 1. The number of rotatable bonds is 6. The van der Waals surface area contributed by atoms with Gasteiger partial charge in [-0.15, -0.1) is 0 Å². The lowest BCUT2D eigenvalue weighted by Crippen LogP contribution is -2.39. The Balaban J connectivity index is 1.54. The minimum Gasteiger partial charge on any atom is -0.493 e. The summed E-state index contributed by atoms with van der Waals surface area (Å²) in [6.07, 6.45) is 1.76. The highest BCUT2D eigenvalue weighted by Gasteiger charge is 2.29. The Kier molecular flexibility index (Phi) is 6.30. The first-order chi connectivity index (χ1) is 15.5. The van der Waals surface area contributed by atoms with Gasteiger partial charge in [0.2, 0.25) is 17.5 Å². The summed E-state index contributed by atoms with van der Waals surface area (Å²) in [7, 11) is 4.67. The zero-order valence-electron chi connectivity index (χ0n) is 18.8. The zero-order valence-corrected chi connectivity index (χ0v) is 18.8. The molecular weight excluding hydrogens is 410 g/mol. The van der Waals surface area contributed by atoms with Crippen molar-refractivity contribution in [2.24, 2.45) is 0 Å². The molecule has 8 nitrogen and oxygen atoms in total. The van der Waals surface area contributed by atoms with E-state index in [-0.39, 0.29) is 11.8 Å². The molecule has 1 aliphatic rings. The molecule has 0 bridgehead atoms. The average molecular weight is 437 g/mol. The van der Waals surface area contributed by atoms with Gasteiger partial charge in [0.05, 0.1) is 27.2 Å². The van der Waals surface area contributed by atoms with Crippen LogP contribution in [0.5, 0.6) is 17.2 Å². The Hall–Kier alpha value is -3.55. The molecule has 0 aliphatic carbocycles. The first kappa shape index (κ1) is 21.7. The van der Waals surface area contributed by atoms with Crippen LogP contribution in [0.3, 0.4) is 0 Å². The summed E-state index contributed by atoms with van der Waals surface area (Å²) in [6, 6.07) is 11.2. The van der Waals surface area contributed by atoms with Gasteiger partial charge in [0.1, 0.15) is 0 Å². The van der Waals surface area contributed by atoms with Crippen LogP contribution in [0.25, 0.3) is 11.4 Å². The van der Waals surface area contributed by atoms with E-state index in [1.807, 2.05) is 36.1 Å². The molecular formula is C24H27N3O5. The van der Waals surface area contributed by atoms with Crippen molar-refractivity contribution in [3.05, 3.63) is 53.4 Å². The number of methoxy groups -OCH3 is 3. The second kappa shape index (κ2) is 9.30. The van der Waals surface area contributed by atoms with Crippen LogP contribution in [0.2, 0.25) is 0 Å². The van der Waals surface area contributed by atoms with Gasteiger partial charge in [-0.25, -0.2) is 0 Å². The number of aromatic nitrogens is 2. The van der Waals surface area contributed by atoms with Gasteiger partial charge in [-0.1, -0.05) is 22.9 Å². The van der Waals surface area contributed by atoms with Crippen molar-refractivity contribution in [3.63, 3.8) is 0 Å². The first-order valence-corrected chi connectivity index (χ1v) is 10.5. The Morgan fingerprint density at radius 2 is 1.75 bits per heavy atom. The van der Waals surface area contributed by atoms with Gasteiger partial charge in [0.15, 0.2) is 11.5 Å². The van der Waals surface area contributed by atoms with E-state index < -0.39 is 0 Å². The van der Waals surface area contributed by atoms with Crippen LogP contribution in [0.15, 0.2) is 40.9 Å². The van der Waals surface area contributed by atoms with Crippen LogP contribution >= 0.6 is 0 Å². The molecule has 3 aromatic rings. The standard InChI is InChI=1S/C24H27N3O5/c1-15-7-9-16(10-8-15)24(28)27-11-5-6-17(14-27)23-25-22(26-32-23)18-12-19(29-2)21(31-4)20(13-18)30-3/h7-10,12-13,17H,5-6,11,14H2,1-4H3/t17-/m1/s1. The molecule has 1 saturated heterocycles. The van der Waals surface area contributed by atoms with Gasteiger partial charge in [0, 0.05) is 24.2 Å². The van der Waals surface area contributed by atoms with Crippen LogP contribution in [0.1, 0.15) is 40.6 Å². The first-order valence-electron chi connectivity index (χ1n) is 10.5. The normalized spacial score (nSPS) is 16.0. The summed E-state index contributed by atoms with van der Waals surface area (Å²) in [6.45, 7) is 3.27. The molecule has 168 valence electrons. The number of nitrogens with zero attached hydrogens (tertiary/aromatic N) is 3. The molecule has 0 spiro atoms. The van der Waals surface area contributed by atoms with E-state index in [0.717, 1.165) is 24.9 Å². The van der Waals surface area contributed by atoms with Gasteiger partial charge in [-0.3, -0.25) is 4.79 Å². The Morgan fingerprint density at radius 1 is 1.06 bits per heavy atom. The molecule has 1 atom stereocenters. The lowest BCUT2D eigenvalue weighted by atomic mass is 9.97. The molecule has 8 heteroatoms. The SMILES string of the molecule is COc1cc(-c2noc([C@@H]3CCCN(C(=O)c4ccc(C)cc4)C3)n2)cc(OC)c1OC. The number of hydrogen-bond donors (Lipinski definition) is 0. The maximum atomic E-state index is 12.9. The van der Waals surface area contributed by atoms with Crippen LogP contribution in [0.4, 0.5) is 0 Å². The molecule has 0 radical (unpaired) electrons. The zero-order chi connectivity index (χ0) is 22.7. The number of benzene rings is 2. The van der Waals surface area contributed by atoms with Crippen molar-refractivity contribution in [1.82, 2.24) is 15.0 Å². The number of ether oxygens (including phenoxy) is 3. The van der Waals surface area contributed by atoms with Crippen molar-refractivity contribution in [1.29, 1.82) is 0 Å². The molecule has 0 saturated carbocycles. The molecule has 1 fully saturated rings. The van der Waals surface area contributed by atoms with Crippen LogP contribution in [0, 0.1) is 6.92 Å². The fourth-order valence-corrected chi connectivity index (χ4v) is 3.97. The van der Waals surface area contributed by atoms with Crippen LogP contribution in [-0.2, 0) is 0 Å². The van der Waals surface area contributed by atoms with Crippen LogP contribution < -0.4 is 14.2 Å². The maximum absolute atomic E-state index is 12.9. The molecule has 0 unspecified atom stereocenters. The van der Waals surface area contributed by atoms with Gasteiger partial charge < -0.3 is 23.6 Å². The summed E-state index contributed by atoms with van der Waals surface area (Å²) in [5.74, 6) is 2.50. The van der Waals surface area contributed by atoms with E-state index in [4.69, 9.17) is 18.7 Å². The fourth-order valence-electron chi connectivity index (χ4n) is 3.97. The van der Waals surface area contributed by atoms with Crippen molar-refractivity contribution >= 4 is 5.91 Å². The molecule has 32 heavy (non-hydrogen) atoms. The second-order valence-corrected chi connectivity index (χ2v) is 7.83. The van der Waals surface area contributed by atoms with E-state index in [0.29, 0.717) is 46.6 Å². The molecule has 0 N–H and O–H groups in total. The number of hydrogen-bond acceptors (Lipinski definition) is 7. The number of amides is 1.